The Hall–Kier alpha value is -3.35. The molecule has 0 aliphatic heterocycles. The normalized spacial score (nSPS) is 10.2. The Morgan fingerprint density at radius 3 is 2.03 bits per heavy atom. The van der Waals surface area contributed by atoms with Crippen LogP contribution in [0.3, 0.4) is 0 Å². The van der Waals surface area contributed by atoms with Crippen molar-refractivity contribution in [2.75, 3.05) is 6.54 Å². The largest absolute Gasteiger partial charge is 0.465 e. The van der Waals surface area contributed by atoms with Gasteiger partial charge in [0.2, 0.25) is 0 Å². The highest BCUT2D eigenvalue weighted by atomic mass is 16.7. The number of benzene rings is 2. The van der Waals surface area contributed by atoms with Gasteiger partial charge in [-0.25, -0.2) is 9.59 Å². The third-order valence-electron chi connectivity index (χ3n) is 4.30. The number of hydrogen-bond acceptors (Lipinski definition) is 4. The number of rotatable bonds is 10. The number of carbonyl (C=O) groups is 3. The second-order valence-electron chi connectivity index (χ2n) is 6.67. The Morgan fingerprint density at radius 2 is 1.41 bits per heavy atom. The summed E-state index contributed by atoms with van der Waals surface area (Å²) < 4.78 is 0. The predicted octanol–water partition coefficient (Wildman–Crippen LogP) is 3.03. The number of nitrogens with one attached hydrogen (secondary N) is 2. The average Bonchev–Trinajstić information content (AvgIpc) is 2.71. The molecule has 0 atom stereocenters. The highest BCUT2D eigenvalue weighted by molar-refractivity contribution is 5.80. The van der Waals surface area contributed by atoms with E-state index in [-0.39, 0.29) is 19.4 Å². The van der Waals surface area contributed by atoms with Gasteiger partial charge in [-0.05, 0) is 42.4 Å². The molecule has 0 fully saturated rings. The van der Waals surface area contributed by atoms with Crippen LogP contribution < -0.4 is 10.8 Å². The van der Waals surface area contributed by atoms with Crippen molar-refractivity contribution < 1.29 is 24.3 Å². The summed E-state index contributed by atoms with van der Waals surface area (Å²) in [6, 6.07) is 18.2. The first-order chi connectivity index (χ1) is 14.0. The van der Waals surface area contributed by atoms with Gasteiger partial charge in [-0.3, -0.25) is 4.79 Å². The molecule has 7 heteroatoms. The maximum atomic E-state index is 11.8. The van der Waals surface area contributed by atoms with Crippen LogP contribution in [0.4, 0.5) is 4.79 Å². The van der Waals surface area contributed by atoms with Gasteiger partial charge in [-0.2, -0.15) is 5.48 Å². The van der Waals surface area contributed by atoms with E-state index in [4.69, 9.17) is 5.11 Å². The number of amides is 2. The fourth-order valence-corrected chi connectivity index (χ4v) is 2.78. The van der Waals surface area contributed by atoms with Gasteiger partial charge in [0.15, 0.2) is 0 Å². The quantitative estimate of drug-likeness (QED) is 0.421. The minimum Gasteiger partial charge on any atom is -0.465 e. The number of carboxylic acid groups (broad SMARTS) is 1. The highest BCUT2D eigenvalue weighted by Gasteiger charge is 2.08. The van der Waals surface area contributed by atoms with Crippen molar-refractivity contribution >= 4 is 18.0 Å². The van der Waals surface area contributed by atoms with E-state index in [1.807, 2.05) is 35.6 Å². The molecular formula is C22H26N2O5. The van der Waals surface area contributed by atoms with E-state index in [0.717, 1.165) is 31.2 Å². The van der Waals surface area contributed by atoms with Gasteiger partial charge < -0.3 is 15.3 Å². The third-order valence-corrected chi connectivity index (χ3v) is 4.30. The van der Waals surface area contributed by atoms with Crippen molar-refractivity contribution in [3.05, 3.63) is 71.3 Å². The molecule has 154 valence electrons. The minimum atomic E-state index is -1.22. The zero-order valence-corrected chi connectivity index (χ0v) is 16.2. The Bertz CT molecular complexity index is 791. The summed E-state index contributed by atoms with van der Waals surface area (Å²) in [6.07, 6.45) is 3.00. The first kappa shape index (κ1) is 21.9. The van der Waals surface area contributed by atoms with Crippen LogP contribution in [0.1, 0.15) is 36.0 Å². The van der Waals surface area contributed by atoms with Crippen molar-refractivity contribution in [2.24, 2.45) is 0 Å². The van der Waals surface area contributed by atoms with Crippen molar-refractivity contribution in [1.82, 2.24) is 10.8 Å². The van der Waals surface area contributed by atoms with Crippen molar-refractivity contribution in [1.29, 1.82) is 0 Å². The molecule has 0 spiro atoms. The number of hydroxylamine groups is 1. The highest BCUT2D eigenvalue weighted by Crippen LogP contribution is 2.11. The molecule has 2 rings (SSSR count). The maximum absolute atomic E-state index is 11.8. The summed E-state index contributed by atoms with van der Waals surface area (Å²) in [7, 11) is 0. The number of hydrogen-bond donors (Lipinski definition) is 3. The van der Waals surface area contributed by atoms with Gasteiger partial charge in [-0.1, -0.05) is 54.6 Å². The lowest BCUT2D eigenvalue weighted by Gasteiger charge is -2.07. The van der Waals surface area contributed by atoms with E-state index in [0.29, 0.717) is 0 Å². The summed E-state index contributed by atoms with van der Waals surface area (Å²) in [5.41, 5.74) is 5.47. The van der Waals surface area contributed by atoms with E-state index in [9.17, 15) is 14.4 Å². The van der Waals surface area contributed by atoms with Gasteiger partial charge in [0.25, 0.3) is 5.91 Å². The maximum Gasteiger partial charge on any atom is 0.404 e. The zero-order valence-electron chi connectivity index (χ0n) is 16.2. The molecule has 0 aliphatic carbocycles. The number of aryl methyl sites for hydroxylation is 2. The molecule has 7 nitrogen and oxygen atoms in total. The van der Waals surface area contributed by atoms with Crippen molar-refractivity contribution in [3.63, 3.8) is 0 Å². The SMILES string of the molecule is O=C(O)NCCC(=O)ONC(=O)Cc1ccc(CCCCc2ccccc2)cc1. The van der Waals surface area contributed by atoms with Gasteiger partial charge in [0.1, 0.15) is 0 Å². The molecule has 0 saturated heterocycles. The van der Waals surface area contributed by atoms with E-state index < -0.39 is 18.0 Å². The molecule has 2 aromatic rings. The lowest BCUT2D eigenvalue weighted by molar-refractivity contribution is -0.157. The molecule has 0 radical (unpaired) electrons. The van der Waals surface area contributed by atoms with Crippen LogP contribution >= 0.6 is 0 Å². The molecule has 2 amide bonds. The Morgan fingerprint density at radius 1 is 0.828 bits per heavy atom. The second kappa shape index (κ2) is 12.2. The summed E-state index contributed by atoms with van der Waals surface area (Å²) in [5, 5.41) is 10.4. The third kappa shape index (κ3) is 9.41. The molecule has 2 aromatic carbocycles. The Kier molecular flexibility index (Phi) is 9.21. The van der Waals surface area contributed by atoms with Crippen LogP contribution in [0, 0.1) is 0 Å². The van der Waals surface area contributed by atoms with Crippen molar-refractivity contribution in [3.8, 4) is 0 Å². The molecular weight excluding hydrogens is 372 g/mol. The minimum absolute atomic E-state index is 0.0726. The first-order valence-corrected chi connectivity index (χ1v) is 9.60. The van der Waals surface area contributed by atoms with E-state index >= 15 is 0 Å². The summed E-state index contributed by atoms with van der Waals surface area (Å²) in [4.78, 5) is 38.1. The van der Waals surface area contributed by atoms with Gasteiger partial charge in [0, 0.05) is 6.54 Å². The lowest BCUT2D eigenvalue weighted by Crippen LogP contribution is -2.30. The molecule has 0 aliphatic rings. The van der Waals surface area contributed by atoms with Crippen LogP contribution in [-0.4, -0.2) is 29.6 Å². The van der Waals surface area contributed by atoms with E-state index in [2.05, 4.69) is 34.6 Å². The molecule has 0 saturated carbocycles. The second-order valence-corrected chi connectivity index (χ2v) is 6.67. The van der Waals surface area contributed by atoms with Crippen LogP contribution in [0.25, 0.3) is 0 Å². The van der Waals surface area contributed by atoms with Gasteiger partial charge in [0.05, 0.1) is 12.8 Å². The zero-order chi connectivity index (χ0) is 20.9. The fourth-order valence-electron chi connectivity index (χ4n) is 2.78. The summed E-state index contributed by atoms with van der Waals surface area (Å²) in [5.74, 6) is -1.15. The molecule has 29 heavy (non-hydrogen) atoms. The van der Waals surface area contributed by atoms with Crippen LogP contribution in [0.5, 0.6) is 0 Å². The number of unbranched alkanes of at least 4 members (excludes halogenated alkanes) is 1. The molecule has 0 heterocycles. The van der Waals surface area contributed by atoms with E-state index in [1.165, 1.54) is 11.1 Å². The topological polar surface area (TPSA) is 105 Å². The van der Waals surface area contributed by atoms with Crippen LogP contribution in [0.15, 0.2) is 54.6 Å². The smallest absolute Gasteiger partial charge is 0.404 e. The summed E-state index contributed by atoms with van der Waals surface area (Å²) in [6.45, 7) is -0.0726. The lowest BCUT2D eigenvalue weighted by atomic mass is 10.0. The summed E-state index contributed by atoms with van der Waals surface area (Å²) >= 11 is 0. The Balaban J connectivity index is 1.63. The van der Waals surface area contributed by atoms with Gasteiger partial charge >= 0.3 is 12.1 Å². The number of carbonyl (C=O) groups excluding carboxylic acids is 2. The Labute approximate surface area is 170 Å². The van der Waals surface area contributed by atoms with E-state index in [1.54, 1.807) is 0 Å². The average molecular weight is 398 g/mol. The fraction of sp³-hybridized carbons (Fsp3) is 0.318. The monoisotopic (exact) mass is 398 g/mol. The van der Waals surface area contributed by atoms with Crippen molar-refractivity contribution in [2.45, 2.75) is 38.5 Å². The molecule has 0 bridgehead atoms. The van der Waals surface area contributed by atoms with Crippen LogP contribution in [-0.2, 0) is 33.7 Å². The molecule has 0 aromatic heterocycles. The molecule has 3 N–H and O–H groups in total. The first-order valence-electron chi connectivity index (χ1n) is 9.60. The molecule has 0 unspecified atom stereocenters. The van der Waals surface area contributed by atoms with Gasteiger partial charge in [-0.15, -0.1) is 0 Å². The predicted molar refractivity (Wildman–Crippen MR) is 108 cm³/mol. The van der Waals surface area contributed by atoms with Crippen LogP contribution in [0.2, 0.25) is 0 Å². The standard InChI is InChI=1S/C22H26N2O5/c25-20(24-29-21(26)14-15-23-22(27)28)16-19-12-10-18(11-13-19)9-5-4-8-17-6-2-1-3-7-17/h1-3,6-7,10-13,23H,4-5,8-9,14-16H2,(H,24,25)(H,27,28).